The van der Waals surface area contributed by atoms with Gasteiger partial charge in [-0.05, 0) is 38.8 Å². The van der Waals surface area contributed by atoms with Gasteiger partial charge in [-0.2, -0.15) is 0 Å². The molecule has 0 saturated carbocycles. The zero-order valence-corrected chi connectivity index (χ0v) is 15.5. The Morgan fingerprint density at radius 3 is 2.77 bits per heavy atom. The van der Waals surface area contributed by atoms with E-state index in [2.05, 4.69) is 16.0 Å². The molecule has 0 unspecified atom stereocenters. The Morgan fingerprint density at radius 1 is 1.27 bits per heavy atom. The lowest BCUT2D eigenvalue weighted by atomic mass is 10.2. The van der Waals surface area contributed by atoms with Crippen molar-refractivity contribution in [2.45, 2.75) is 43.4 Å². The number of hydrogen-bond donors (Lipinski definition) is 2. The molecule has 1 aliphatic rings. The number of ether oxygens (including phenoxy) is 1. The van der Waals surface area contributed by atoms with Crippen LogP contribution in [0, 0.1) is 13.8 Å². The van der Waals surface area contributed by atoms with Crippen LogP contribution in [0.2, 0.25) is 0 Å². The minimum atomic E-state index is -0.487. The lowest BCUT2D eigenvalue weighted by Gasteiger charge is -2.13. The molecule has 1 aromatic carbocycles. The van der Waals surface area contributed by atoms with E-state index in [1.165, 1.54) is 11.8 Å². The maximum Gasteiger partial charge on any atom is 0.270 e. The summed E-state index contributed by atoms with van der Waals surface area (Å²) in [7, 11) is 0. The normalized spacial score (nSPS) is 16.5. The Kier molecular flexibility index (Phi) is 5.95. The van der Waals surface area contributed by atoms with E-state index < -0.39 is 6.10 Å². The van der Waals surface area contributed by atoms with Gasteiger partial charge in [0.25, 0.3) is 11.8 Å². The van der Waals surface area contributed by atoms with Crippen molar-refractivity contribution in [3.63, 3.8) is 0 Å². The first kappa shape index (κ1) is 18.5. The van der Waals surface area contributed by atoms with E-state index in [0.29, 0.717) is 24.3 Å². The molecule has 138 valence electrons. The van der Waals surface area contributed by atoms with E-state index >= 15 is 0 Å². The number of nitrogens with zero attached hydrogens (tertiary/aromatic N) is 1. The van der Waals surface area contributed by atoms with Crippen LogP contribution in [0.1, 0.15) is 40.2 Å². The molecule has 1 aliphatic heterocycles. The van der Waals surface area contributed by atoms with Gasteiger partial charge in [-0.15, -0.1) is 11.8 Å². The van der Waals surface area contributed by atoms with Crippen LogP contribution >= 0.6 is 11.8 Å². The second kappa shape index (κ2) is 8.37. The highest BCUT2D eigenvalue weighted by Crippen LogP contribution is 2.28. The van der Waals surface area contributed by atoms with Crippen LogP contribution in [-0.2, 0) is 15.3 Å². The molecule has 2 heterocycles. The summed E-state index contributed by atoms with van der Waals surface area (Å²) < 4.78 is 10.5. The van der Waals surface area contributed by atoms with Crippen molar-refractivity contribution in [2.24, 2.45) is 0 Å². The van der Waals surface area contributed by atoms with Crippen molar-refractivity contribution in [1.29, 1.82) is 0 Å². The molecule has 2 amide bonds. The largest absolute Gasteiger partial charge is 0.368 e. The molecule has 1 fully saturated rings. The van der Waals surface area contributed by atoms with Gasteiger partial charge in [0, 0.05) is 22.8 Å². The fourth-order valence-corrected chi connectivity index (χ4v) is 3.89. The third kappa shape index (κ3) is 4.25. The van der Waals surface area contributed by atoms with E-state index in [9.17, 15) is 9.59 Å². The number of benzene rings is 1. The van der Waals surface area contributed by atoms with Gasteiger partial charge < -0.3 is 9.26 Å². The highest BCUT2D eigenvalue weighted by Gasteiger charge is 2.24. The minimum Gasteiger partial charge on any atom is -0.368 e. The van der Waals surface area contributed by atoms with Gasteiger partial charge in [0.05, 0.1) is 11.3 Å². The lowest BCUT2D eigenvalue weighted by molar-refractivity contribution is -0.130. The molecular formula is C18H21N3O4S. The van der Waals surface area contributed by atoms with Crippen LogP contribution in [0.15, 0.2) is 33.7 Å². The van der Waals surface area contributed by atoms with Gasteiger partial charge in [0.1, 0.15) is 11.9 Å². The maximum atomic E-state index is 12.5. The van der Waals surface area contributed by atoms with Gasteiger partial charge in [0.15, 0.2) is 0 Å². The van der Waals surface area contributed by atoms with Crippen LogP contribution in [0.3, 0.4) is 0 Å². The van der Waals surface area contributed by atoms with Crippen molar-refractivity contribution in [1.82, 2.24) is 16.0 Å². The lowest BCUT2D eigenvalue weighted by Crippen LogP contribution is -2.46. The topological polar surface area (TPSA) is 93.5 Å². The van der Waals surface area contributed by atoms with Crippen molar-refractivity contribution in [3.8, 4) is 0 Å². The first-order valence-electron chi connectivity index (χ1n) is 8.41. The average Bonchev–Trinajstić information content (AvgIpc) is 3.29. The summed E-state index contributed by atoms with van der Waals surface area (Å²) in [5.41, 5.74) is 7.28. The van der Waals surface area contributed by atoms with E-state index in [4.69, 9.17) is 9.26 Å². The Bertz CT molecular complexity index is 780. The number of thioether (sulfide) groups is 1. The van der Waals surface area contributed by atoms with Crippen molar-refractivity contribution >= 4 is 23.6 Å². The Morgan fingerprint density at radius 2 is 2.08 bits per heavy atom. The first-order valence-corrected chi connectivity index (χ1v) is 9.40. The number of hydrogen-bond acceptors (Lipinski definition) is 6. The summed E-state index contributed by atoms with van der Waals surface area (Å²) in [6.07, 6.45) is 1.04. The van der Waals surface area contributed by atoms with Crippen LogP contribution in [0.5, 0.6) is 0 Å². The standard InChI is InChI=1S/C18H21N3O4S/c1-11-14(12(2)25-21-11)10-26-16-8-4-3-6-13(16)17(22)19-20-18(23)15-7-5-9-24-15/h3-4,6,8,15H,5,7,9-10H2,1-2H3,(H,19,22)(H,20,23)/t15-/m0/s1. The molecule has 0 radical (unpaired) electrons. The number of aryl methyl sites for hydroxylation is 2. The average molecular weight is 375 g/mol. The molecule has 1 saturated heterocycles. The Labute approximate surface area is 155 Å². The minimum absolute atomic E-state index is 0.322. The van der Waals surface area contributed by atoms with Gasteiger partial charge in [-0.25, -0.2) is 0 Å². The first-order chi connectivity index (χ1) is 12.6. The number of amides is 2. The molecule has 3 rings (SSSR count). The highest BCUT2D eigenvalue weighted by molar-refractivity contribution is 7.98. The zero-order valence-electron chi connectivity index (χ0n) is 14.7. The third-order valence-corrected chi connectivity index (χ3v) is 5.31. The van der Waals surface area contributed by atoms with Crippen LogP contribution in [0.25, 0.3) is 0 Å². The summed E-state index contributed by atoms with van der Waals surface area (Å²) in [5.74, 6) is 0.740. The van der Waals surface area contributed by atoms with Gasteiger partial charge in [0.2, 0.25) is 0 Å². The third-order valence-electron chi connectivity index (χ3n) is 4.21. The fraction of sp³-hybridized carbons (Fsp3) is 0.389. The summed E-state index contributed by atoms with van der Waals surface area (Å²) in [5, 5.41) is 3.95. The number of carbonyl (C=O) groups excluding carboxylic acids is 2. The quantitative estimate of drug-likeness (QED) is 0.616. The smallest absolute Gasteiger partial charge is 0.270 e. The monoisotopic (exact) mass is 375 g/mol. The van der Waals surface area contributed by atoms with Crippen LogP contribution < -0.4 is 10.9 Å². The summed E-state index contributed by atoms with van der Waals surface area (Å²) in [6, 6.07) is 7.26. The van der Waals surface area contributed by atoms with E-state index in [1.807, 2.05) is 26.0 Å². The second-order valence-electron chi connectivity index (χ2n) is 6.03. The van der Waals surface area contributed by atoms with Crippen molar-refractivity contribution < 1.29 is 18.8 Å². The highest BCUT2D eigenvalue weighted by atomic mass is 32.2. The molecule has 1 aromatic heterocycles. The van der Waals surface area contributed by atoms with Gasteiger partial charge in [-0.1, -0.05) is 17.3 Å². The number of hydrazine groups is 1. The SMILES string of the molecule is Cc1noc(C)c1CSc1ccccc1C(=O)NNC(=O)[C@@H]1CCCO1. The number of nitrogens with one attached hydrogen (secondary N) is 2. The number of aromatic nitrogens is 1. The molecular weight excluding hydrogens is 354 g/mol. The molecule has 0 bridgehead atoms. The zero-order chi connectivity index (χ0) is 18.5. The molecule has 2 N–H and O–H groups in total. The maximum absolute atomic E-state index is 12.5. The molecule has 0 spiro atoms. The van der Waals surface area contributed by atoms with Crippen molar-refractivity contribution in [2.75, 3.05) is 6.61 Å². The summed E-state index contributed by atoms with van der Waals surface area (Å²) >= 11 is 1.52. The van der Waals surface area contributed by atoms with E-state index in [0.717, 1.165) is 28.3 Å². The molecule has 7 nitrogen and oxygen atoms in total. The molecule has 1 atom stereocenters. The Balaban J connectivity index is 1.62. The van der Waals surface area contributed by atoms with E-state index in [1.54, 1.807) is 12.1 Å². The number of rotatable bonds is 5. The van der Waals surface area contributed by atoms with Crippen molar-refractivity contribution in [3.05, 3.63) is 46.8 Å². The fourth-order valence-electron chi connectivity index (χ4n) is 2.69. The van der Waals surface area contributed by atoms with Crippen LogP contribution in [0.4, 0.5) is 0 Å². The van der Waals surface area contributed by atoms with Crippen LogP contribution in [-0.4, -0.2) is 29.7 Å². The summed E-state index contributed by atoms with van der Waals surface area (Å²) in [4.78, 5) is 25.2. The predicted molar refractivity (Wildman–Crippen MR) is 96.6 cm³/mol. The predicted octanol–water partition coefficient (Wildman–Crippen LogP) is 2.52. The van der Waals surface area contributed by atoms with E-state index in [-0.39, 0.29) is 11.8 Å². The van der Waals surface area contributed by atoms with Gasteiger partial charge >= 0.3 is 0 Å². The van der Waals surface area contributed by atoms with Gasteiger partial charge in [-0.3, -0.25) is 20.4 Å². The Hall–Kier alpha value is -2.32. The second-order valence-corrected chi connectivity index (χ2v) is 7.05. The molecule has 26 heavy (non-hydrogen) atoms. The molecule has 8 heteroatoms. The summed E-state index contributed by atoms with van der Waals surface area (Å²) in [6.45, 7) is 4.34. The molecule has 0 aliphatic carbocycles. The number of carbonyl (C=O) groups is 2. The molecule has 2 aromatic rings.